The third kappa shape index (κ3) is 6.54. The third-order valence-electron chi connectivity index (χ3n) is 3.99. The summed E-state index contributed by atoms with van der Waals surface area (Å²) in [5.41, 5.74) is 2.16. The van der Waals surface area contributed by atoms with Crippen molar-refractivity contribution >= 4 is 17.5 Å². The molecule has 0 spiro atoms. The molecule has 0 aliphatic carbocycles. The van der Waals surface area contributed by atoms with Crippen LogP contribution < -0.4 is 15.0 Å². The lowest BCUT2D eigenvalue weighted by molar-refractivity contribution is -0.885. The number of likely N-dealkylation sites (N-methyl/N-ethyl adjacent to an activating group) is 1. The highest BCUT2D eigenvalue weighted by Gasteiger charge is 2.14. The number of ether oxygens (including phenoxy) is 1. The van der Waals surface area contributed by atoms with Gasteiger partial charge in [-0.15, -0.1) is 0 Å². The molecule has 2 aromatic rings. The van der Waals surface area contributed by atoms with Gasteiger partial charge in [-0.2, -0.15) is 0 Å². The third-order valence-corrected chi connectivity index (χ3v) is 4.22. The van der Waals surface area contributed by atoms with Crippen LogP contribution in [0.1, 0.15) is 24.1 Å². The van der Waals surface area contributed by atoms with Crippen molar-refractivity contribution in [1.29, 1.82) is 0 Å². The number of rotatable bonds is 9. The fourth-order valence-corrected chi connectivity index (χ4v) is 2.89. The second-order valence-electron chi connectivity index (χ2n) is 6.40. The molecule has 2 atom stereocenters. The van der Waals surface area contributed by atoms with Crippen molar-refractivity contribution in [1.82, 2.24) is 5.32 Å². The number of benzene rings is 2. The van der Waals surface area contributed by atoms with Crippen molar-refractivity contribution in [3.63, 3.8) is 0 Å². The number of carbonyl (C=O) groups is 1. The topological polar surface area (TPSA) is 42.8 Å². The van der Waals surface area contributed by atoms with Crippen LogP contribution in [0.25, 0.3) is 0 Å². The van der Waals surface area contributed by atoms with E-state index in [0.717, 1.165) is 28.3 Å². The maximum absolute atomic E-state index is 12.3. The van der Waals surface area contributed by atoms with E-state index in [9.17, 15) is 4.79 Å². The highest BCUT2D eigenvalue weighted by molar-refractivity contribution is 6.30. The van der Waals surface area contributed by atoms with E-state index < -0.39 is 0 Å². The van der Waals surface area contributed by atoms with Crippen molar-refractivity contribution in [2.24, 2.45) is 0 Å². The lowest BCUT2D eigenvalue weighted by atomic mass is 10.1. The fraction of sp³-hybridized carbons (Fsp3) is 0.286. The average Bonchev–Trinajstić information content (AvgIpc) is 2.61. The second kappa shape index (κ2) is 10.00. The van der Waals surface area contributed by atoms with E-state index in [0.29, 0.717) is 18.2 Å². The maximum Gasteiger partial charge on any atom is 0.275 e. The van der Waals surface area contributed by atoms with Crippen LogP contribution in [0.15, 0.2) is 61.2 Å². The standard InChI is InChI=1S/C21H25ClN2O2/c1-4-12-26-20-10-8-17(9-11-20)14-24(3)15-21(25)23-16(2)18-6-5-7-19(22)13-18/h4-11,13,16H,1,12,14-15H2,2-3H3,(H,23,25)/p+1/t16-/m0/s1. The Bertz CT molecular complexity index is 731. The highest BCUT2D eigenvalue weighted by atomic mass is 35.5. The van der Waals surface area contributed by atoms with E-state index in [1.165, 1.54) is 0 Å². The molecule has 0 fully saturated rings. The molecule has 138 valence electrons. The van der Waals surface area contributed by atoms with Gasteiger partial charge in [-0.25, -0.2) is 0 Å². The van der Waals surface area contributed by atoms with Gasteiger partial charge in [-0.3, -0.25) is 4.79 Å². The van der Waals surface area contributed by atoms with Gasteiger partial charge in [0, 0.05) is 10.6 Å². The zero-order valence-corrected chi connectivity index (χ0v) is 16.1. The number of hydrogen-bond donors (Lipinski definition) is 2. The zero-order valence-electron chi connectivity index (χ0n) is 15.3. The van der Waals surface area contributed by atoms with Crippen LogP contribution in [-0.4, -0.2) is 26.1 Å². The number of quaternary nitrogens is 1. The SMILES string of the molecule is C=CCOc1ccc(C[NH+](C)CC(=O)N[C@@H](C)c2cccc(Cl)c2)cc1. The lowest BCUT2D eigenvalue weighted by Gasteiger charge is -2.18. The quantitative estimate of drug-likeness (QED) is 0.664. The molecule has 26 heavy (non-hydrogen) atoms. The van der Waals surface area contributed by atoms with Crippen LogP contribution in [-0.2, 0) is 11.3 Å². The fourth-order valence-electron chi connectivity index (χ4n) is 2.70. The zero-order chi connectivity index (χ0) is 18.9. The molecule has 2 aromatic carbocycles. The minimum Gasteiger partial charge on any atom is -0.490 e. The summed E-state index contributed by atoms with van der Waals surface area (Å²) in [5.74, 6) is 0.834. The minimum atomic E-state index is -0.0738. The van der Waals surface area contributed by atoms with Crippen LogP contribution >= 0.6 is 11.6 Å². The van der Waals surface area contributed by atoms with E-state index >= 15 is 0 Å². The monoisotopic (exact) mass is 373 g/mol. The van der Waals surface area contributed by atoms with Gasteiger partial charge in [0.2, 0.25) is 0 Å². The molecule has 0 saturated heterocycles. The summed E-state index contributed by atoms with van der Waals surface area (Å²) < 4.78 is 5.48. The van der Waals surface area contributed by atoms with Crippen LogP contribution in [0.4, 0.5) is 0 Å². The first-order valence-corrected chi connectivity index (χ1v) is 9.04. The number of amides is 1. The van der Waals surface area contributed by atoms with Gasteiger partial charge in [-0.1, -0.05) is 36.4 Å². The predicted octanol–water partition coefficient (Wildman–Crippen LogP) is 2.80. The van der Waals surface area contributed by atoms with Crippen molar-refractivity contribution in [2.75, 3.05) is 20.2 Å². The van der Waals surface area contributed by atoms with E-state index in [-0.39, 0.29) is 11.9 Å². The first-order chi connectivity index (χ1) is 12.5. The van der Waals surface area contributed by atoms with Gasteiger partial charge in [0.05, 0.1) is 13.1 Å². The van der Waals surface area contributed by atoms with Gasteiger partial charge in [0.1, 0.15) is 18.9 Å². The van der Waals surface area contributed by atoms with Crippen molar-refractivity contribution < 1.29 is 14.4 Å². The first kappa shape index (κ1) is 20.0. The van der Waals surface area contributed by atoms with Crippen molar-refractivity contribution in [3.05, 3.63) is 77.3 Å². The Hall–Kier alpha value is -2.30. The summed E-state index contributed by atoms with van der Waals surface area (Å²) in [6.07, 6.45) is 1.72. The lowest BCUT2D eigenvalue weighted by Crippen LogP contribution is -3.08. The predicted molar refractivity (Wildman–Crippen MR) is 106 cm³/mol. The molecular weight excluding hydrogens is 348 g/mol. The van der Waals surface area contributed by atoms with Crippen LogP contribution in [0, 0.1) is 0 Å². The normalized spacial score (nSPS) is 12.9. The summed E-state index contributed by atoms with van der Waals surface area (Å²) in [6.45, 7) is 7.25. The minimum absolute atomic E-state index is 0.0147. The molecular formula is C21H26ClN2O2+. The molecule has 5 heteroatoms. The highest BCUT2D eigenvalue weighted by Crippen LogP contribution is 2.17. The molecule has 2 N–H and O–H groups in total. The Morgan fingerprint density at radius 2 is 2.04 bits per heavy atom. The Labute approximate surface area is 160 Å². The van der Waals surface area contributed by atoms with E-state index in [4.69, 9.17) is 16.3 Å². The summed E-state index contributed by atoms with van der Waals surface area (Å²) in [7, 11) is 2.01. The van der Waals surface area contributed by atoms with Crippen molar-refractivity contribution in [2.45, 2.75) is 19.5 Å². The van der Waals surface area contributed by atoms with E-state index in [1.807, 2.05) is 62.5 Å². The molecule has 1 unspecified atom stereocenters. The summed E-state index contributed by atoms with van der Waals surface area (Å²) in [4.78, 5) is 13.4. The molecule has 0 aromatic heterocycles. The summed E-state index contributed by atoms with van der Waals surface area (Å²) in [5, 5.41) is 3.70. The van der Waals surface area contributed by atoms with Gasteiger partial charge >= 0.3 is 0 Å². The largest absolute Gasteiger partial charge is 0.490 e. The van der Waals surface area contributed by atoms with Gasteiger partial charge in [0.25, 0.3) is 5.91 Å². The number of nitrogens with one attached hydrogen (secondary N) is 2. The molecule has 0 radical (unpaired) electrons. The Kier molecular flexibility index (Phi) is 7.70. The van der Waals surface area contributed by atoms with Gasteiger partial charge in [-0.05, 0) is 48.9 Å². The van der Waals surface area contributed by atoms with E-state index in [2.05, 4.69) is 11.9 Å². The van der Waals surface area contributed by atoms with Crippen molar-refractivity contribution in [3.8, 4) is 5.75 Å². The molecule has 0 heterocycles. The van der Waals surface area contributed by atoms with Crippen LogP contribution in [0.5, 0.6) is 5.75 Å². The summed E-state index contributed by atoms with van der Waals surface area (Å²) >= 11 is 6.01. The maximum atomic E-state index is 12.3. The number of carbonyl (C=O) groups excluding carboxylic acids is 1. The molecule has 0 saturated carbocycles. The second-order valence-corrected chi connectivity index (χ2v) is 6.83. The Balaban J connectivity index is 1.82. The van der Waals surface area contributed by atoms with Gasteiger partial charge < -0.3 is 15.0 Å². The van der Waals surface area contributed by atoms with Crippen LogP contribution in [0.2, 0.25) is 5.02 Å². The Morgan fingerprint density at radius 3 is 2.69 bits per heavy atom. The molecule has 0 bridgehead atoms. The molecule has 2 rings (SSSR count). The number of hydrogen-bond acceptors (Lipinski definition) is 2. The number of halogens is 1. The Morgan fingerprint density at radius 1 is 1.31 bits per heavy atom. The molecule has 1 amide bonds. The average molecular weight is 374 g/mol. The smallest absolute Gasteiger partial charge is 0.275 e. The molecule has 0 aliphatic rings. The van der Waals surface area contributed by atoms with Crippen LogP contribution in [0.3, 0.4) is 0 Å². The first-order valence-electron chi connectivity index (χ1n) is 8.66. The molecule has 4 nitrogen and oxygen atoms in total. The summed E-state index contributed by atoms with van der Waals surface area (Å²) in [6, 6.07) is 15.4. The van der Waals surface area contributed by atoms with E-state index in [1.54, 1.807) is 6.08 Å². The van der Waals surface area contributed by atoms with Gasteiger partial charge in [0.15, 0.2) is 6.54 Å². The molecule has 0 aliphatic heterocycles.